The average Bonchev–Trinajstić information content (AvgIpc) is 2.96. The topological polar surface area (TPSA) is 94.8 Å². The predicted molar refractivity (Wildman–Crippen MR) is 169 cm³/mol. The number of rotatable bonds is 31. The van der Waals surface area contributed by atoms with Gasteiger partial charge in [-0.1, -0.05) is 142 Å². The van der Waals surface area contributed by atoms with E-state index in [-0.39, 0.29) is 5.78 Å². The maximum Gasteiger partial charge on any atom is 0.174 e. The maximum atomic E-state index is 12.9. The van der Waals surface area contributed by atoms with E-state index in [1.54, 1.807) is 0 Å². The highest BCUT2D eigenvalue weighted by molar-refractivity contribution is 6.04. The molecule has 0 aliphatic carbocycles. The van der Waals surface area contributed by atoms with Crippen molar-refractivity contribution < 1.29 is 24.9 Å². The molecule has 0 amide bonds. The summed E-state index contributed by atoms with van der Waals surface area (Å²) in [6.45, 7) is 3.78. The van der Waals surface area contributed by atoms with Gasteiger partial charge in [0.1, 0.15) is 18.0 Å². The largest absolute Gasteiger partial charge is 0.394 e. The third-order valence-electron chi connectivity index (χ3n) is 8.11. The van der Waals surface area contributed by atoms with Crippen LogP contribution in [0.2, 0.25) is 0 Å². The Morgan fingerprint density at radius 1 is 0.575 bits per heavy atom. The van der Waals surface area contributed by atoms with Crippen molar-refractivity contribution in [3.63, 3.8) is 0 Å². The highest BCUT2D eigenvalue weighted by Crippen LogP contribution is 2.20. The molecule has 0 rings (SSSR count). The normalized spacial score (nSPS) is 14.0. The number of aliphatic hydroxyl groups is 3. The van der Waals surface area contributed by atoms with Crippen molar-refractivity contribution in [2.45, 2.75) is 187 Å². The minimum Gasteiger partial charge on any atom is -0.394 e. The third kappa shape index (κ3) is 22.6. The van der Waals surface area contributed by atoms with Gasteiger partial charge in [-0.15, -0.1) is 0 Å². The van der Waals surface area contributed by atoms with Crippen molar-refractivity contribution >= 4 is 11.6 Å². The Bertz CT molecular complexity index is 603. The van der Waals surface area contributed by atoms with Crippen LogP contribution in [0.5, 0.6) is 0 Å². The predicted octanol–water partition coefficient (Wildman–Crippen LogP) is 8.80. The highest BCUT2D eigenvalue weighted by Gasteiger charge is 2.33. The Morgan fingerprint density at radius 3 is 1.45 bits per heavy atom. The lowest BCUT2D eigenvalue weighted by Crippen LogP contribution is -2.42. The van der Waals surface area contributed by atoms with Gasteiger partial charge in [-0.2, -0.15) is 0 Å². The van der Waals surface area contributed by atoms with Gasteiger partial charge in [-0.3, -0.25) is 9.59 Å². The second-order valence-electron chi connectivity index (χ2n) is 11.9. The Kier molecular flexibility index (Phi) is 28.7. The van der Waals surface area contributed by atoms with E-state index in [2.05, 4.69) is 26.0 Å². The van der Waals surface area contributed by atoms with Crippen LogP contribution in [0.25, 0.3) is 0 Å². The van der Waals surface area contributed by atoms with E-state index in [4.69, 9.17) is 5.11 Å². The Labute approximate surface area is 247 Å². The molecule has 0 saturated carbocycles. The van der Waals surface area contributed by atoms with Gasteiger partial charge in [0.2, 0.25) is 0 Å². The quantitative estimate of drug-likeness (QED) is 0.0443. The van der Waals surface area contributed by atoms with Gasteiger partial charge in [-0.25, -0.2) is 0 Å². The average molecular weight is 567 g/mol. The minimum absolute atomic E-state index is 0.122. The van der Waals surface area contributed by atoms with E-state index < -0.39 is 30.5 Å². The van der Waals surface area contributed by atoms with E-state index in [1.807, 2.05) is 0 Å². The molecular weight excluding hydrogens is 500 g/mol. The monoisotopic (exact) mass is 566 g/mol. The fourth-order valence-electron chi connectivity index (χ4n) is 5.34. The first-order valence-electron chi connectivity index (χ1n) is 17.2. The van der Waals surface area contributed by atoms with Crippen molar-refractivity contribution in [2.75, 3.05) is 6.61 Å². The lowest BCUT2D eigenvalue weighted by Gasteiger charge is -2.21. The van der Waals surface area contributed by atoms with Crippen LogP contribution in [0, 0.1) is 5.92 Å². The molecule has 3 N–H and O–H groups in total. The molecule has 5 nitrogen and oxygen atoms in total. The van der Waals surface area contributed by atoms with Gasteiger partial charge in [0.15, 0.2) is 5.78 Å². The summed E-state index contributed by atoms with van der Waals surface area (Å²) in [5.74, 6) is -1.63. The number of Topliss-reactive ketones (excluding diaryl/α,β-unsaturated/α-hetero) is 2. The molecule has 0 saturated heterocycles. The van der Waals surface area contributed by atoms with E-state index in [9.17, 15) is 19.8 Å². The zero-order valence-electron chi connectivity index (χ0n) is 26.4. The fraction of sp³-hybridized carbons (Fsp3) is 0.886. The highest BCUT2D eigenvalue weighted by atomic mass is 16.4. The zero-order chi connectivity index (χ0) is 29.7. The van der Waals surface area contributed by atoms with Crippen LogP contribution in [0.15, 0.2) is 12.2 Å². The number of carbonyl (C=O) groups excluding carboxylic acids is 2. The van der Waals surface area contributed by atoms with E-state index in [0.717, 1.165) is 57.8 Å². The molecular formula is C35H66O5. The molecule has 0 fully saturated rings. The molecule has 3 unspecified atom stereocenters. The number of hydrogen-bond acceptors (Lipinski definition) is 5. The molecule has 0 heterocycles. The summed E-state index contributed by atoms with van der Waals surface area (Å²) in [6.07, 6.45) is 29.4. The first-order valence-corrected chi connectivity index (χ1v) is 17.2. The number of ketones is 2. The van der Waals surface area contributed by atoms with Crippen molar-refractivity contribution in [2.24, 2.45) is 5.92 Å². The Balaban J connectivity index is 4.20. The van der Waals surface area contributed by atoms with Gasteiger partial charge in [0.05, 0.1) is 12.5 Å². The van der Waals surface area contributed by atoms with Crippen molar-refractivity contribution in [1.82, 2.24) is 0 Å². The SMILES string of the molecule is CCCCCCC=CCCCCCCC(C(=O)CCCCCCCCCCCCCCC)C(=O)C(O)C(O)CO. The number of hydrogen-bond donors (Lipinski definition) is 3. The number of aliphatic hydroxyl groups excluding tert-OH is 3. The zero-order valence-corrected chi connectivity index (χ0v) is 26.4. The molecule has 236 valence electrons. The fourth-order valence-corrected chi connectivity index (χ4v) is 5.34. The first kappa shape index (κ1) is 39.0. The van der Waals surface area contributed by atoms with Gasteiger partial charge >= 0.3 is 0 Å². The molecule has 0 aromatic heterocycles. The van der Waals surface area contributed by atoms with E-state index in [0.29, 0.717) is 12.8 Å². The lowest BCUT2D eigenvalue weighted by atomic mass is 9.86. The van der Waals surface area contributed by atoms with Crippen LogP contribution in [0.3, 0.4) is 0 Å². The Morgan fingerprint density at radius 2 is 0.975 bits per heavy atom. The van der Waals surface area contributed by atoms with Crippen molar-refractivity contribution in [3.05, 3.63) is 12.2 Å². The van der Waals surface area contributed by atoms with E-state index >= 15 is 0 Å². The number of carbonyl (C=O) groups is 2. The molecule has 0 aromatic carbocycles. The molecule has 0 radical (unpaired) electrons. The van der Waals surface area contributed by atoms with Gasteiger partial charge in [0.25, 0.3) is 0 Å². The Hall–Kier alpha value is -1.04. The summed E-state index contributed by atoms with van der Waals surface area (Å²) in [7, 11) is 0. The van der Waals surface area contributed by atoms with Crippen LogP contribution < -0.4 is 0 Å². The number of allylic oxidation sites excluding steroid dienone is 2. The van der Waals surface area contributed by atoms with Gasteiger partial charge in [0, 0.05) is 6.42 Å². The molecule has 0 aliphatic heterocycles. The van der Waals surface area contributed by atoms with Crippen molar-refractivity contribution in [3.8, 4) is 0 Å². The van der Waals surface area contributed by atoms with Crippen LogP contribution in [0.1, 0.15) is 174 Å². The molecule has 0 bridgehead atoms. The summed E-state index contributed by atoms with van der Waals surface area (Å²) >= 11 is 0. The van der Waals surface area contributed by atoms with Crippen molar-refractivity contribution in [1.29, 1.82) is 0 Å². The van der Waals surface area contributed by atoms with Crippen LogP contribution in [-0.4, -0.2) is 45.7 Å². The summed E-state index contributed by atoms with van der Waals surface area (Å²) in [5, 5.41) is 29.1. The summed E-state index contributed by atoms with van der Waals surface area (Å²) in [5.41, 5.74) is 0. The first-order chi connectivity index (χ1) is 19.5. The number of unbranched alkanes of at least 4 members (excludes halogenated alkanes) is 20. The maximum absolute atomic E-state index is 12.9. The molecule has 3 atom stereocenters. The lowest BCUT2D eigenvalue weighted by molar-refractivity contribution is -0.144. The van der Waals surface area contributed by atoms with Crippen LogP contribution in [0.4, 0.5) is 0 Å². The smallest absolute Gasteiger partial charge is 0.174 e. The second-order valence-corrected chi connectivity index (χ2v) is 11.9. The summed E-state index contributed by atoms with van der Waals surface area (Å²) < 4.78 is 0. The summed E-state index contributed by atoms with van der Waals surface area (Å²) in [4.78, 5) is 25.7. The third-order valence-corrected chi connectivity index (χ3v) is 8.11. The molecule has 0 aromatic rings. The standard InChI is InChI=1S/C35H66O5/c1-3-5-7-9-11-13-15-17-19-21-23-25-27-29-32(37)31(34(39)35(40)33(38)30-36)28-26-24-22-20-18-16-14-12-10-8-6-4-2/h14,16,31,33,35-36,38,40H,3-13,15,17-30H2,1-2H3. The molecule has 0 spiro atoms. The van der Waals surface area contributed by atoms with Gasteiger partial charge in [-0.05, 0) is 38.5 Å². The van der Waals surface area contributed by atoms with Gasteiger partial charge < -0.3 is 15.3 Å². The van der Waals surface area contributed by atoms with E-state index in [1.165, 1.54) is 89.9 Å². The minimum atomic E-state index is -1.70. The molecule has 5 heteroatoms. The van der Waals surface area contributed by atoms with Crippen LogP contribution in [-0.2, 0) is 9.59 Å². The van der Waals surface area contributed by atoms with Crippen LogP contribution >= 0.6 is 0 Å². The molecule has 0 aliphatic rings. The second kappa shape index (κ2) is 29.5. The summed E-state index contributed by atoms with van der Waals surface area (Å²) in [6, 6.07) is 0. The molecule has 40 heavy (non-hydrogen) atoms.